The Morgan fingerprint density at radius 3 is 2.92 bits per heavy atom. The summed E-state index contributed by atoms with van der Waals surface area (Å²) in [6.07, 6.45) is 0.421. The molecule has 9 heteroatoms. The van der Waals surface area contributed by atoms with Gasteiger partial charge in [0.25, 0.3) is 5.91 Å². The fourth-order valence-corrected chi connectivity index (χ4v) is 3.30. The number of fused-ring (bicyclic) bond motifs is 1. The molecule has 26 heavy (non-hydrogen) atoms. The van der Waals surface area contributed by atoms with Gasteiger partial charge in [-0.2, -0.15) is 0 Å². The van der Waals surface area contributed by atoms with Crippen LogP contribution in [0.5, 0.6) is 0 Å². The van der Waals surface area contributed by atoms with Gasteiger partial charge in [-0.25, -0.2) is 23.8 Å². The number of rotatable bonds is 3. The molecule has 1 amide bonds. The number of anilines is 1. The smallest absolute Gasteiger partial charge is 0.294 e. The number of hydroxylamine groups is 1. The van der Waals surface area contributed by atoms with E-state index in [-0.39, 0.29) is 30.5 Å². The Morgan fingerprint density at radius 2 is 2.15 bits per heavy atom. The minimum atomic E-state index is -1.08. The molecule has 2 unspecified atom stereocenters. The molecule has 2 aromatic heterocycles. The molecule has 1 fully saturated rings. The van der Waals surface area contributed by atoms with Crippen LogP contribution in [0.15, 0.2) is 42.6 Å². The van der Waals surface area contributed by atoms with Gasteiger partial charge in [0.15, 0.2) is 11.3 Å². The summed E-state index contributed by atoms with van der Waals surface area (Å²) >= 11 is 0. The molecule has 3 aromatic rings. The number of hydrogen-bond donors (Lipinski definition) is 2. The zero-order valence-corrected chi connectivity index (χ0v) is 13.5. The van der Waals surface area contributed by atoms with Crippen molar-refractivity contribution in [3.05, 3.63) is 59.7 Å². The van der Waals surface area contributed by atoms with Crippen molar-refractivity contribution in [2.24, 2.45) is 0 Å². The van der Waals surface area contributed by atoms with Crippen LogP contribution in [0.4, 0.5) is 14.6 Å². The predicted octanol–water partition coefficient (Wildman–Crippen LogP) is 2.28. The molecule has 1 aliphatic heterocycles. The molecule has 0 aliphatic carbocycles. The van der Waals surface area contributed by atoms with E-state index in [1.807, 2.05) is 0 Å². The minimum absolute atomic E-state index is 0.0441. The molecule has 1 aliphatic rings. The normalized spacial score (nSPS) is 19.9. The Morgan fingerprint density at radius 1 is 1.31 bits per heavy atom. The highest BCUT2D eigenvalue weighted by atomic mass is 19.1. The highest BCUT2D eigenvalue weighted by Gasteiger charge is 2.34. The van der Waals surface area contributed by atoms with E-state index in [0.29, 0.717) is 17.0 Å². The summed E-state index contributed by atoms with van der Waals surface area (Å²) in [5.74, 6) is -0.713. The first kappa shape index (κ1) is 16.4. The Bertz CT molecular complexity index is 977. The molecule has 4 rings (SSSR count). The van der Waals surface area contributed by atoms with Crippen LogP contribution in [-0.4, -0.2) is 38.4 Å². The number of imidazole rings is 1. The maximum Gasteiger partial charge on any atom is 0.294 e. The van der Waals surface area contributed by atoms with Crippen LogP contribution in [0, 0.1) is 5.82 Å². The third-order valence-electron chi connectivity index (χ3n) is 4.46. The van der Waals surface area contributed by atoms with Gasteiger partial charge in [0.1, 0.15) is 17.8 Å². The van der Waals surface area contributed by atoms with E-state index in [4.69, 9.17) is 5.21 Å². The fourth-order valence-electron chi connectivity index (χ4n) is 3.30. The number of carbonyl (C=O) groups is 1. The van der Waals surface area contributed by atoms with Crippen LogP contribution >= 0.6 is 0 Å². The fraction of sp³-hybridized carbons (Fsp3) is 0.235. The molecular formula is C17H15F2N5O2. The molecule has 0 spiro atoms. The number of benzene rings is 1. The number of alkyl halides is 1. The zero-order chi connectivity index (χ0) is 18.3. The number of nitrogens with zero attached hydrogens (tertiary/aromatic N) is 4. The van der Waals surface area contributed by atoms with Crippen molar-refractivity contribution in [2.75, 3.05) is 11.4 Å². The lowest BCUT2D eigenvalue weighted by atomic mass is 10.0. The van der Waals surface area contributed by atoms with Crippen molar-refractivity contribution in [2.45, 2.75) is 18.6 Å². The summed E-state index contributed by atoms with van der Waals surface area (Å²) in [6.45, 7) is 0.107. The van der Waals surface area contributed by atoms with Gasteiger partial charge in [0.2, 0.25) is 0 Å². The van der Waals surface area contributed by atoms with Gasteiger partial charge < -0.3 is 4.90 Å². The summed E-state index contributed by atoms with van der Waals surface area (Å²) in [5.41, 5.74) is 2.65. The van der Waals surface area contributed by atoms with Crippen molar-refractivity contribution in [3.63, 3.8) is 0 Å². The van der Waals surface area contributed by atoms with Gasteiger partial charge in [0.05, 0.1) is 18.8 Å². The molecule has 1 aromatic carbocycles. The summed E-state index contributed by atoms with van der Waals surface area (Å²) in [5, 5.41) is 13.2. The van der Waals surface area contributed by atoms with Gasteiger partial charge >= 0.3 is 0 Å². The summed E-state index contributed by atoms with van der Waals surface area (Å²) in [6, 6.07) is 9.01. The summed E-state index contributed by atoms with van der Waals surface area (Å²) in [7, 11) is 0. The Hall–Kier alpha value is -3.07. The molecular weight excluding hydrogens is 344 g/mol. The lowest BCUT2D eigenvalue weighted by Gasteiger charge is -2.25. The van der Waals surface area contributed by atoms with Gasteiger partial charge in [-0.15, -0.1) is 5.10 Å². The second-order valence-electron chi connectivity index (χ2n) is 6.10. The van der Waals surface area contributed by atoms with Crippen molar-refractivity contribution in [1.29, 1.82) is 0 Å². The van der Waals surface area contributed by atoms with E-state index in [2.05, 4.69) is 10.1 Å². The molecule has 3 heterocycles. The van der Waals surface area contributed by atoms with Gasteiger partial charge in [-0.05, 0) is 29.8 Å². The molecule has 1 saturated heterocycles. The van der Waals surface area contributed by atoms with Gasteiger partial charge in [-0.1, -0.05) is 12.1 Å². The third-order valence-corrected chi connectivity index (χ3v) is 4.46. The molecule has 7 nitrogen and oxygen atoms in total. The standard InChI is InChI=1S/C17H15F2N5O2/c18-11-3-1-2-10(6-11)13-7-12(19)9-23(13)16-5-4-15-20-8-14(17(25)22-26)24(15)21-16/h1-6,8,12-13,26H,7,9H2,(H,22,25). The lowest BCUT2D eigenvalue weighted by Crippen LogP contribution is -2.26. The number of carbonyl (C=O) groups excluding carboxylic acids is 1. The first-order chi connectivity index (χ1) is 12.6. The number of halogens is 2. The largest absolute Gasteiger partial charge is 0.345 e. The van der Waals surface area contributed by atoms with Crippen LogP contribution in [0.25, 0.3) is 5.65 Å². The van der Waals surface area contributed by atoms with Crippen LogP contribution in [0.1, 0.15) is 28.5 Å². The molecule has 0 bridgehead atoms. The third kappa shape index (κ3) is 2.76. The molecule has 2 atom stereocenters. The van der Waals surface area contributed by atoms with E-state index in [1.165, 1.54) is 22.8 Å². The Kier molecular flexibility index (Phi) is 4.00. The first-order valence-corrected chi connectivity index (χ1v) is 8.02. The Labute approximate surface area is 146 Å². The topological polar surface area (TPSA) is 82.8 Å². The summed E-state index contributed by atoms with van der Waals surface area (Å²) in [4.78, 5) is 17.5. The monoisotopic (exact) mass is 359 g/mol. The quantitative estimate of drug-likeness (QED) is 0.554. The van der Waals surface area contributed by atoms with Gasteiger partial charge in [0, 0.05) is 6.42 Å². The SMILES string of the molecule is O=C(NO)c1cnc2ccc(N3CC(F)CC3c3cccc(F)c3)nn12. The van der Waals surface area contributed by atoms with Crippen molar-refractivity contribution in [1.82, 2.24) is 20.1 Å². The lowest BCUT2D eigenvalue weighted by molar-refractivity contribution is 0.0698. The van der Waals surface area contributed by atoms with Crippen LogP contribution in [-0.2, 0) is 0 Å². The molecule has 2 N–H and O–H groups in total. The Balaban J connectivity index is 1.76. The number of hydrogen-bond acceptors (Lipinski definition) is 5. The van der Waals surface area contributed by atoms with Crippen molar-refractivity contribution in [3.8, 4) is 0 Å². The molecule has 134 valence electrons. The zero-order valence-electron chi connectivity index (χ0n) is 13.5. The minimum Gasteiger partial charge on any atom is -0.345 e. The van der Waals surface area contributed by atoms with E-state index in [1.54, 1.807) is 34.6 Å². The number of aromatic nitrogens is 3. The van der Waals surface area contributed by atoms with Crippen molar-refractivity contribution >= 4 is 17.4 Å². The van der Waals surface area contributed by atoms with Crippen LogP contribution < -0.4 is 10.4 Å². The van der Waals surface area contributed by atoms with Gasteiger partial charge in [-0.3, -0.25) is 10.0 Å². The first-order valence-electron chi connectivity index (χ1n) is 8.02. The maximum atomic E-state index is 14.1. The van der Waals surface area contributed by atoms with E-state index < -0.39 is 12.1 Å². The number of nitrogens with one attached hydrogen (secondary N) is 1. The molecule has 0 radical (unpaired) electrons. The second kappa shape index (κ2) is 6.34. The van der Waals surface area contributed by atoms with Crippen LogP contribution in [0.3, 0.4) is 0 Å². The van der Waals surface area contributed by atoms with E-state index in [0.717, 1.165) is 0 Å². The maximum absolute atomic E-state index is 14.1. The van der Waals surface area contributed by atoms with E-state index in [9.17, 15) is 13.6 Å². The highest BCUT2D eigenvalue weighted by molar-refractivity contribution is 5.92. The predicted molar refractivity (Wildman–Crippen MR) is 88.2 cm³/mol. The van der Waals surface area contributed by atoms with Crippen LogP contribution in [0.2, 0.25) is 0 Å². The molecule has 0 saturated carbocycles. The average Bonchev–Trinajstić information content (AvgIpc) is 3.24. The summed E-state index contributed by atoms with van der Waals surface area (Å²) < 4.78 is 29.0. The second-order valence-corrected chi connectivity index (χ2v) is 6.10. The average molecular weight is 359 g/mol. The number of amides is 1. The van der Waals surface area contributed by atoms with E-state index >= 15 is 0 Å². The van der Waals surface area contributed by atoms with Crippen molar-refractivity contribution < 1.29 is 18.8 Å². The highest BCUT2D eigenvalue weighted by Crippen LogP contribution is 2.36.